The Hall–Kier alpha value is -6.54. The number of hydrogen-bond acceptors (Lipinski definition) is 20. The van der Waals surface area contributed by atoms with Crippen LogP contribution in [-0.4, -0.2) is 101 Å². The first kappa shape index (κ1) is 76.5. The van der Waals surface area contributed by atoms with Gasteiger partial charge in [-0.1, -0.05) is 0 Å². The molecule has 5 rings (SSSR count). The summed E-state index contributed by atoms with van der Waals surface area (Å²) < 4.78 is 200. The Morgan fingerprint density at radius 1 is 0.530 bits per heavy atom. The minimum Gasteiger partial charge on any atom is -0.393 e. The number of esters is 8. The summed E-state index contributed by atoms with van der Waals surface area (Å²) in [7, 11) is -3.90. The van der Waals surface area contributed by atoms with E-state index >= 15 is 0 Å². The number of carbonyl (C=O) groups excluding carboxylic acids is 10. The first-order valence-corrected chi connectivity index (χ1v) is 29.6. The number of halogens is 13. The Labute approximate surface area is 481 Å². The number of hydrogen-bond donors (Lipinski definition) is 1. The van der Waals surface area contributed by atoms with Crippen LogP contribution >= 0.6 is 41.3 Å². The quantitative estimate of drug-likeness (QED) is 0.0614. The summed E-state index contributed by atoms with van der Waals surface area (Å²) in [6.07, 6.45) is -4.32. The summed E-state index contributed by atoms with van der Waals surface area (Å²) in [4.78, 5) is 105. The molecule has 2 aliphatic rings. The van der Waals surface area contributed by atoms with Crippen molar-refractivity contribution < 1.29 is 136 Å². The van der Waals surface area contributed by atoms with Crippen molar-refractivity contribution in [1.29, 1.82) is 0 Å². The number of benzene rings is 3. The van der Waals surface area contributed by atoms with Crippen molar-refractivity contribution in [2.75, 3.05) is 0 Å². The maximum absolute atomic E-state index is 12.6. The molecule has 3 aromatic carbocycles. The summed E-state index contributed by atoms with van der Waals surface area (Å²) in [5, 5.41) is 0. The molecule has 0 spiro atoms. The molecular weight excluding hydrogens is 1400 g/mol. The van der Waals surface area contributed by atoms with Crippen LogP contribution in [0.5, 0.6) is 0 Å². The molecule has 34 heteroatoms. The van der Waals surface area contributed by atoms with E-state index in [-0.39, 0.29) is 29.7 Å². The van der Waals surface area contributed by atoms with Crippen LogP contribution < -0.4 is 0 Å². The number of ether oxygens (including phenoxy) is 4. The predicted molar refractivity (Wildman–Crippen MR) is 277 cm³/mol. The Kier molecular flexibility index (Phi) is 29.4. The van der Waals surface area contributed by atoms with E-state index < -0.39 is 147 Å². The normalized spacial score (nSPS) is 13.7. The molecule has 0 unspecified atom stereocenters. The number of rotatable bonds is 11. The molecule has 1 fully saturated rings. The van der Waals surface area contributed by atoms with Crippen LogP contribution in [0.1, 0.15) is 80.7 Å². The van der Waals surface area contributed by atoms with Crippen LogP contribution in [-0.2, 0) is 85.7 Å². The predicted octanol–water partition coefficient (Wildman–Crippen LogP) is 10.0. The topological polar surface area (TPSA) is 290 Å². The third-order valence-corrected chi connectivity index (χ3v) is 17.1. The van der Waals surface area contributed by atoms with Gasteiger partial charge >= 0.3 is 333 Å². The fourth-order valence-corrected chi connectivity index (χ4v) is 12.0. The van der Waals surface area contributed by atoms with Gasteiger partial charge in [0.05, 0.1) is 12.8 Å². The first-order valence-electron chi connectivity index (χ1n) is 22.4. The van der Waals surface area contributed by atoms with E-state index in [0.717, 1.165) is 21.3 Å². The third-order valence-electron chi connectivity index (χ3n) is 8.39. The Morgan fingerprint density at radius 2 is 0.904 bits per heavy atom. The van der Waals surface area contributed by atoms with Crippen LogP contribution in [0.4, 0.5) is 48.3 Å². The second kappa shape index (κ2) is 31.9. The molecule has 0 amide bonds. The van der Waals surface area contributed by atoms with Gasteiger partial charge in [0.2, 0.25) is 0 Å². The molecule has 0 bridgehead atoms. The fourth-order valence-electron chi connectivity index (χ4n) is 4.00. The number of cyclic esters (lactones) is 4. The van der Waals surface area contributed by atoms with Crippen molar-refractivity contribution in [3.05, 3.63) is 110 Å². The molecule has 464 valence electrons. The monoisotopic (exact) mass is 1450 g/mol. The summed E-state index contributed by atoms with van der Waals surface area (Å²) in [6, 6.07) is 24.1. The van der Waals surface area contributed by atoms with Crippen molar-refractivity contribution in [3.8, 4) is 0 Å². The first-order chi connectivity index (χ1) is 37.5. The minimum absolute atomic E-state index is 0.0605. The van der Waals surface area contributed by atoms with Crippen LogP contribution in [0.2, 0.25) is 0 Å². The molecule has 2 heterocycles. The van der Waals surface area contributed by atoms with Gasteiger partial charge in [0.25, 0.3) is 0 Å². The van der Waals surface area contributed by atoms with Gasteiger partial charge in [0, 0.05) is 32.9 Å². The zero-order valence-electron chi connectivity index (χ0n) is 44.7. The van der Waals surface area contributed by atoms with E-state index in [1.807, 2.05) is 37.3 Å². The maximum atomic E-state index is 12.6. The third kappa shape index (κ3) is 26.7. The van der Waals surface area contributed by atoms with E-state index in [1.54, 1.807) is 84.0 Å². The number of aryl methyl sites for hydroxylation is 1. The zero-order valence-corrected chi connectivity index (χ0v) is 49.8. The van der Waals surface area contributed by atoms with Crippen molar-refractivity contribution >= 4 is 111 Å². The van der Waals surface area contributed by atoms with Gasteiger partial charge in [-0.05, 0) is 0 Å². The molecular formula is C49H51F11I2O20S. The van der Waals surface area contributed by atoms with Crippen LogP contribution in [0.3, 0.4) is 0 Å². The van der Waals surface area contributed by atoms with Crippen LogP contribution in [0.15, 0.2) is 102 Å². The summed E-state index contributed by atoms with van der Waals surface area (Å²) >= 11 is -5.95. The molecule has 83 heavy (non-hydrogen) atoms. The molecule has 20 nitrogen and oxygen atoms in total. The van der Waals surface area contributed by atoms with Crippen molar-refractivity contribution in [2.24, 2.45) is 10.8 Å². The molecule has 1 N–H and O–H groups in total. The molecule has 0 aromatic heterocycles. The smallest absolute Gasteiger partial charge is 0.338 e. The molecule has 0 saturated carbocycles. The number of carbonyl (C=O) groups is 10. The van der Waals surface area contributed by atoms with E-state index in [1.165, 1.54) is 26.0 Å². The molecule has 2 aliphatic heterocycles. The maximum Gasteiger partial charge on any atom is 0.338 e. The van der Waals surface area contributed by atoms with E-state index in [9.17, 15) is 108 Å². The summed E-state index contributed by atoms with van der Waals surface area (Å²) in [5.74, 6) is -36.7. The minimum atomic E-state index is -7.10. The molecule has 0 radical (unpaired) electrons. The van der Waals surface area contributed by atoms with Gasteiger partial charge in [-0.2, -0.15) is 48.3 Å². The standard InChI is InChI=1S/C16H23IO4.C13H13IO4S.C8H3F11O3.C4H4O3.C4H2O3.C4H6O3/c1-15(2,3)13(18)20-17(12-10-8-7-9-11-12)21-14(19)16(4,5)6;1-11-7-9-13(10-8-11)19(16,17)18-14(15)12-5-3-2-4-6-12;1-4(9,10)5(11,12)2(20)22-3(21)6(13,14)7(15,16)8(17,18)19;2*5-3-1-2-4(6)7-3;1-3(5)7-4(2)6/h7-11H,1-6H3;2-10,15H,1H3;1H3;1-2H2;1-2H;1-2H3. The summed E-state index contributed by atoms with van der Waals surface area (Å²) in [5.41, 5.74) is -0.293. The van der Waals surface area contributed by atoms with Gasteiger partial charge < -0.3 is 18.9 Å². The van der Waals surface area contributed by atoms with Gasteiger partial charge in [0.1, 0.15) is 0 Å². The summed E-state index contributed by atoms with van der Waals surface area (Å²) in [6.45, 7) is 14.3. The molecule has 3 aromatic rings. The van der Waals surface area contributed by atoms with Gasteiger partial charge in [-0.15, -0.1) is 0 Å². The Bertz CT molecular complexity index is 2840. The Morgan fingerprint density at radius 3 is 1.19 bits per heavy atom. The van der Waals surface area contributed by atoms with Gasteiger partial charge in [0.15, 0.2) is 0 Å². The second-order valence-corrected chi connectivity index (χ2v) is 26.4. The van der Waals surface area contributed by atoms with Crippen molar-refractivity contribution in [1.82, 2.24) is 0 Å². The fraction of sp³-hybridized carbons (Fsp3) is 0.388. The average molecular weight is 1450 g/mol. The average Bonchev–Trinajstić information content (AvgIpc) is 4.13. The largest absolute Gasteiger partial charge is 0.393 e. The second-order valence-electron chi connectivity index (χ2n) is 17.9. The zero-order chi connectivity index (χ0) is 64.9. The molecule has 0 atom stereocenters. The van der Waals surface area contributed by atoms with Gasteiger partial charge in [-0.3, -0.25) is 19.2 Å². The van der Waals surface area contributed by atoms with E-state index in [0.29, 0.717) is 3.57 Å². The van der Waals surface area contributed by atoms with Crippen molar-refractivity contribution in [2.45, 2.75) is 117 Å². The van der Waals surface area contributed by atoms with E-state index in [4.69, 9.17) is 8.65 Å². The van der Waals surface area contributed by atoms with Gasteiger partial charge in [-0.25, -0.2) is 19.2 Å². The Balaban J connectivity index is 0.00000103. The molecule has 0 aliphatic carbocycles. The van der Waals surface area contributed by atoms with E-state index in [2.05, 4.69) is 18.9 Å². The SMILES string of the molecule is CC(=O)OC(C)=O.CC(C)(C)C(=O)OI(OC(=O)C(C)(C)C)c1ccccc1.CC(F)(F)C(F)(F)C(=O)OC(=O)C(F)(F)C(F)(F)C(F)(F)F.Cc1ccc(S(=O)(=O)OI(O)c2ccccc2)cc1.O=C1C=CC(=O)O1.O=C1CCC(=O)O1. The van der Waals surface area contributed by atoms with Crippen LogP contribution in [0.25, 0.3) is 0 Å². The van der Waals surface area contributed by atoms with Crippen molar-refractivity contribution in [3.63, 3.8) is 0 Å². The molecule has 1 saturated heterocycles. The number of alkyl halides is 11. The van der Waals surface area contributed by atoms with Crippen LogP contribution in [0, 0.1) is 24.9 Å².